The van der Waals surface area contributed by atoms with Crippen LogP contribution in [-0.4, -0.2) is 27.7 Å². The van der Waals surface area contributed by atoms with Gasteiger partial charge in [-0.15, -0.1) is 0 Å². The molecule has 2 heterocycles. The first-order chi connectivity index (χ1) is 9.79. The summed E-state index contributed by atoms with van der Waals surface area (Å²) in [6.45, 7) is 1.98. The molecule has 1 aromatic carbocycles. The Morgan fingerprint density at radius 3 is 3.00 bits per heavy atom. The molecule has 0 N–H and O–H groups in total. The minimum absolute atomic E-state index is 0.0808. The van der Waals surface area contributed by atoms with E-state index in [9.17, 15) is 4.79 Å². The van der Waals surface area contributed by atoms with Crippen LogP contribution in [0, 0.1) is 0 Å². The van der Waals surface area contributed by atoms with E-state index in [-0.39, 0.29) is 18.3 Å². The number of hydrogen-bond acceptors (Lipinski definition) is 6. The number of aromatic nitrogens is 3. The maximum absolute atomic E-state index is 11.5. The predicted octanol–water partition coefficient (Wildman–Crippen LogP) is 2.46. The fourth-order valence-corrected chi connectivity index (χ4v) is 1.89. The Balaban J connectivity index is 2.06. The first-order valence-electron chi connectivity index (χ1n) is 6.14. The Labute approximate surface area is 114 Å². The van der Waals surface area contributed by atoms with Crippen LogP contribution in [0.15, 0.2) is 41.1 Å². The minimum Gasteiger partial charge on any atom is -0.460 e. The van der Waals surface area contributed by atoms with E-state index in [2.05, 4.69) is 15.1 Å². The summed E-state index contributed by atoms with van der Waals surface area (Å²) in [4.78, 5) is 19.9. The van der Waals surface area contributed by atoms with Crippen molar-refractivity contribution >= 4 is 16.9 Å². The summed E-state index contributed by atoms with van der Waals surface area (Å²) in [5, 5.41) is 4.52. The van der Waals surface area contributed by atoms with E-state index in [1.807, 2.05) is 24.3 Å². The molecule has 6 heteroatoms. The molecule has 0 spiro atoms. The number of pyridine rings is 1. The molecular formula is C14H11N3O3. The normalized spacial score (nSPS) is 10.7. The summed E-state index contributed by atoms with van der Waals surface area (Å²) in [6, 6.07) is 9.37. The Bertz CT molecular complexity index is 762. The van der Waals surface area contributed by atoms with E-state index in [0.717, 1.165) is 16.5 Å². The SMILES string of the molecule is CCOC(=O)c1noc(-c2ccnc3ccccc23)n1. The van der Waals surface area contributed by atoms with Gasteiger partial charge in [0.2, 0.25) is 0 Å². The predicted molar refractivity (Wildman–Crippen MR) is 71.0 cm³/mol. The summed E-state index contributed by atoms with van der Waals surface area (Å²) in [7, 11) is 0. The van der Waals surface area contributed by atoms with Gasteiger partial charge in [-0.05, 0) is 24.2 Å². The molecule has 3 aromatic rings. The number of rotatable bonds is 3. The zero-order valence-corrected chi connectivity index (χ0v) is 10.7. The summed E-state index contributed by atoms with van der Waals surface area (Å²) >= 11 is 0. The van der Waals surface area contributed by atoms with Crippen molar-refractivity contribution in [1.82, 2.24) is 15.1 Å². The topological polar surface area (TPSA) is 78.1 Å². The molecule has 0 saturated heterocycles. The van der Waals surface area contributed by atoms with Crippen LogP contribution >= 0.6 is 0 Å². The van der Waals surface area contributed by atoms with E-state index < -0.39 is 5.97 Å². The van der Waals surface area contributed by atoms with E-state index in [0.29, 0.717) is 0 Å². The number of para-hydroxylation sites is 1. The van der Waals surface area contributed by atoms with Gasteiger partial charge in [0.05, 0.1) is 17.7 Å². The molecule has 2 aromatic heterocycles. The smallest absolute Gasteiger partial charge is 0.379 e. The Kier molecular flexibility index (Phi) is 3.12. The third-order valence-electron chi connectivity index (χ3n) is 2.76. The van der Waals surface area contributed by atoms with Crippen molar-refractivity contribution in [2.75, 3.05) is 6.61 Å². The molecule has 0 amide bonds. The van der Waals surface area contributed by atoms with E-state index in [4.69, 9.17) is 9.26 Å². The summed E-state index contributed by atoms with van der Waals surface area (Å²) in [5.41, 5.74) is 1.56. The lowest BCUT2D eigenvalue weighted by atomic mass is 10.1. The van der Waals surface area contributed by atoms with E-state index in [1.165, 1.54) is 0 Å². The van der Waals surface area contributed by atoms with Crippen LogP contribution in [0.2, 0.25) is 0 Å². The van der Waals surface area contributed by atoms with Crippen LogP contribution in [0.4, 0.5) is 0 Å². The van der Waals surface area contributed by atoms with Gasteiger partial charge in [-0.2, -0.15) is 4.98 Å². The van der Waals surface area contributed by atoms with Gasteiger partial charge in [0.15, 0.2) is 0 Å². The minimum atomic E-state index is -0.596. The number of ether oxygens (including phenoxy) is 1. The Morgan fingerprint density at radius 1 is 1.30 bits per heavy atom. The lowest BCUT2D eigenvalue weighted by Gasteiger charge is -2.00. The highest BCUT2D eigenvalue weighted by Gasteiger charge is 2.17. The number of benzene rings is 1. The number of esters is 1. The highest BCUT2D eigenvalue weighted by Crippen LogP contribution is 2.25. The number of nitrogens with zero attached hydrogens (tertiary/aromatic N) is 3. The van der Waals surface area contributed by atoms with Crippen molar-refractivity contribution in [2.24, 2.45) is 0 Å². The molecule has 0 fully saturated rings. The average Bonchev–Trinajstić information content (AvgIpc) is 2.97. The summed E-state index contributed by atoms with van der Waals surface area (Å²) in [5.74, 6) is -0.407. The van der Waals surface area contributed by atoms with Crippen molar-refractivity contribution in [1.29, 1.82) is 0 Å². The number of fused-ring (bicyclic) bond motifs is 1. The number of hydrogen-bond donors (Lipinski definition) is 0. The van der Waals surface area contributed by atoms with Gasteiger partial charge < -0.3 is 9.26 Å². The summed E-state index contributed by atoms with van der Waals surface area (Å²) in [6.07, 6.45) is 1.66. The van der Waals surface area contributed by atoms with Gasteiger partial charge >= 0.3 is 5.97 Å². The molecular weight excluding hydrogens is 258 g/mol. The maximum atomic E-state index is 11.5. The molecule has 0 saturated carbocycles. The van der Waals surface area contributed by atoms with Gasteiger partial charge in [-0.1, -0.05) is 18.2 Å². The molecule has 6 nitrogen and oxygen atoms in total. The fourth-order valence-electron chi connectivity index (χ4n) is 1.89. The van der Waals surface area contributed by atoms with Crippen molar-refractivity contribution < 1.29 is 14.1 Å². The number of carbonyl (C=O) groups is 1. The average molecular weight is 269 g/mol. The molecule has 0 bridgehead atoms. The van der Waals surface area contributed by atoms with E-state index in [1.54, 1.807) is 19.2 Å². The molecule has 0 aliphatic heterocycles. The van der Waals surface area contributed by atoms with Gasteiger partial charge in [0.25, 0.3) is 11.7 Å². The lowest BCUT2D eigenvalue weighted by Crippen LogP contribution is -2.06. The van der Waals surface area contributed by atoms with Crippen LogP contribution in [-0.2, 0) is 4.74 Å². The highest BCUT2D eigenvalue weighted by molar-refractivity contribution is 5.92. The van der Waals surface area contributed by atoms with E-state index >= 15 is 0 Å². The monoisotopic (exact) mass is 269 g/mol. The standard InChI is InChI=1S/C14H11N3O3/c1-2-19-14(18)12-16-13(20-17-12)10-7-8-15-11-6-4-3-5-9(10)11/h3-8H,2H2,1H3. The second-order valence-electron chi connectivity index (χ2n) is 4.02. The van der Waals surface area contributed by atoms with Crippen LogP contribution in [0.1, 0.15) is 17.5 Å². The van der Waals surface area contributed by atoms with Gasteiger partial charge in [-0.3, -0.25) is 4.98 Å². The maximum Gasteiger partial charge on any atom is 0.379 e. The molecule has 20 heavy (non-hydrogen) atoms. The van der Waals surface area contributed by atoms with Crippen LogP contribution < -0.4 is 0 Å². The molecule has 0 unspecified atom stereocenters. The zero-order chi connectivity index (χ0) is 13.9. The second kappa shape index (κ2) is 5.08. The zero-order valence-electron chi connectivity index (χ0n) is 10.7. The highest BCUT2D eigenvalue weighted by atomic mass is 16.5. The molecule has 100 valence electrons. The molecule has 3 rings (SSSR count). The largest absolute Gasteiger partial charge is 0.460 e. The van der Waals surface area contributed by atoms with Crippen LogP contribution in [0.5, 0.6) is 0 Å². The first kappa shape index (κ1) is 12.3. The van der Waals surface area contributed by atoms with Crippen molar-refractivity contribution in [3.8, 4) is 11.5 Å². The van der Waals surface area contributed by atoms with Gasteiger partial charge in [0, 0.05) is 11.6 Å². The van der Waals surface area contributed by atoms with Crippen LogP contribution in [0.25, 0.3) is 22.4 Å². The van der Waals surface area contributed by atoms with Crippen LogP contribution in [0.3, 0.4) is 0 Å². The molecule has 0 atom stereocenters. The third-order valence-corrected chi connectivity index (χ3v) is 2.76. The number of carbonyl (C=O) groups excluding carboxylic acids is 1. The molecule has 0 radical (unpaired) electrons. The second-order valence-corrected chi connectivity index (χ2v) is 4.02. The molecule has 0 aliphatic rings. The molecule has 0 aliphatic carbocycles. The Morgan fingerprint density at radius 2 is 2.15 bits per heavy atom. The lowest BCUT2D eigenvalue weighted by molar-refractivity contribution is 0.0508. The van der Waals surface area contributed by atoms with Crippen molar-refractivity contribution in [3.63, 3.8) is 0 Å². The summed E-state index contributed by atoms with van der Waals surface area (Å²) < 4.78 is 9.96. The quantitative estimate of drug-likeness (QED) is 0.679. The van der Waals surface area contributed by atoms with Crippen molar-refractivity contribution in [2.45, 2.75) is 6.92 Å². The van der Waals surface area contributed by atoms with Gasteiger partial charge in [0.1, 0.15) is 0 Å². The van der Waals surface area contributed by atoms with Crippen molar-refractivity contribution in [3.05, 3.63) is 42.4 Å². The Hall–Kier alpha value is -2.76. The van der Waals surface area contributed by atoms with Gasteiger partial charge in [-0.25, -0.2) is 4.79 Å². The third kappa shape index (κ3) is 2.11. The first-order valence-corrected chi connectivity index (χ1v) is 6.14. The fraction of sp³-hybridized carbons (Fsp3) is 0.143.